The fourth-order valence-corrected chi connectivity index (χ4v) is 1.16. The number of hydrogen-bond donors (Lipinski definition) is 2. The number of carbonyl (C=O) groups excluding carboxylic acids is 2. The van der Waals surface area contributed by atoms with E-state index in [-0.39, 0.29) is 19.4 Å². The molecule has 0 aromatic heterocycles. The predicted molar refractivity (Wildman–Crippen MR) is 62.1 cm³/mol. The molecule has 0 fully saturated rings. The molecule has 18 heavy (non-hydrogen) atoms. The average molecular weight is 253 g/mol. The van der Waals surface area contributed by atoms with Crippen molar-refractivity contribution in [2.75, 3.05) is 0 Å². The number of hydrogen-bond acceptors (Lipinski definition) is 6. The predicted octanol–water partition coefficient (Wildman–Crippen LogP) is 0.924. The third kappa shape index (κ3) is 5.97. The van der Waals surface area contributed by atoms with Crippen molar-refractivity contribution >= 4 is 12.1 Å². The largest absolute Gasteiger partial charge is 0.516 e. The molecule has 98 valence electrons. The van der Waals surface area contributed by atoms with Gasteiger partial charge in [0.25, 0.3) is 0 Å². The second-order valence-electron chi connectivity index (χ2n) is 3.60. The zero-order valence-corrected chi connectivity index (χ0v) is 9.74. The number of esters is 1. The summed E-state index contributed by atoms with van der Waals surface area (Å²) in [7, 11) is 0. The Morgan fingerprint density at radius 3 is 2.56 bits per heavy atom. The zero-order valence-electron chi connectivity index (χ0n) is 9.74. The highest BCUT2D eigenvalue weighted by atomic mass is 16.7. The summed E-state index contributed by atoms with van der Waals surface area (Å²) < 4.78 is 9.09. The zero-order chi connectivity index (χ0) is 13.4. The summed E-state index contributed by atoms with van der Waals surface area (Å²) in [6.07, 6.45) is -2.27. The lowest BCUT2D eigenvalue weighted by Crippen LogP contribution is -2.21. The molecule has 0 saturated heterocycles. The van der Waals surface area contributed by atoms with Crippen molar-refractivity contribution in [3.8, 4) is 0 Å². The third-order valence-corrected chi connectivity index (χ3v) is 2.04. The van der Waals surface area contributed by atoms with Crippen LogP contribution in [0, 0.1) is 0 Å². The van der Waals surface area contributed by atoms with Crippen molar-refractivity contribution in [3.05, 3.63) is 35.9 Å². The highest BCUT2D eigenvalue weighted by Gasteiger charge is 2.12. The van der Waals surface area contributed by atoms with Crippen molar-refractivity contribution in [3.63, 3.8) is 0 Å². The molecule has 6 heteroatoms. The molecule has 0 unspecified atom stereocenters. The first-order valence-corrected chi connectivity index (χ1v) is 5.43. The maximum absolute atomic E-state index is 11.1. The molecule has 1 aromatic rings. The number of ether oxygens (including phenoxy) is 2. The molecule has 6 nitrogen and oxygen atoms in total. The standard InChI is InChI=1S/C12H15NO5/c13-10(14)6-7-11(15)18-12(16)17-8-9-4-2-1-3-5-9/h1-5,10,14H,6-8,13H2/t10-/m0/s1. The Morgan fingerprint density at radius 1 is 1.28 bits per heavy atom. The molecule has 0 aliphatic heterocycles. The average Bonchev–Trinajstić information content (AvgIpc) is 2.35. The van der Waals surface area contributed by atoms with Crippen LogP contribution in [0.3, 0.4) is 0 Å². The molecule has 0 aliphatic rings. The van der Waals surface area contributed by atoms with Crippen LogP contribution in [-0.2, 0) is 20.9 Å². The summed E-state index contributed by atoms with van der Waals surface area (Å²) in [6, 6.07) is 9.00. The summed E-state index contributed by atoms with van der Waals surface area (Å²) in [4.78, 5) is 22.2. The molecule has 1 aromatic carbocycles. The molecular weight excluding hydrogens is 238 g/mol. The normalized spacial score (nSPS) is 11.7. The Kier molecular flexibility index (Phi) is 5.83. The fraction of sp³-hybridized carbons (Fsp3) is 0.333. The van der Waals surface area contributed by atoms with E-state index in [9.17, 15) is 9.59 Å². The van der Waals surface area contributed by atoms with Crippen LogP contribution in [0.4, 0.5) is 4.79 Å². The van der Waals surface area contributed by atoms with Gasteiger partial charge in [0, 0.05) is 6.42 Å². The number of carbonyl (C=O) groups is 2. The first kappa shape index (κ1) is 14.1. The Balaban J connectivity index is 2.23. The molecule has 0 bridgehead atoms. The first-order chi connectivity index (χ1) is 8.58. The van der Waals surface area contributed by atoms with Crippen LogP contribution in [-0.4, -0.2) is 23.5 Å². The number of benzene rings is 1. The van der Waals surface area contributed by atoms with Crippen molar-refractivity contribution in [1.29, 1.82) is 0 Å². The Hall–Kier alpha value is -1.92. The van der Waals surface area contributed by atoms with E-state index in [1.807, 2.05) is 6.07 Å². The summed E-state index contributed by atoms with van der Waals surface area (Å²) in [5.74, 6) is -0.780. The van der Waals surface area contributed by atoms with Gasteiger partial charge >= 0.3 is 12.1 Å². The second kappa shape index (κ2) is 7.41. The lowest BCUT2D eigenvalue weighted by molar-refractivity contribution is -0.140. The van der Waals surface area contributed by atoms with E-state index < -0.39 is 18.4 Å². The molecule has 0 saturated carbocycles. The molecule has 1 rings (SSSR count). The quantitative estimate of drug-likeness (QED) is 0.460. The summed E-state index contributed by atoms with van der Waals surface area (Å²) in [5.41, 5.74) is 5.83. The van der Waals surface area contributed by atoms with Gasteiger partial charge in [-0.2, -0.15) is 0 Å². The maximum atomic E-state index is 11.1. The third-order valence-electron chi connectivity index (χ3n) is 2.04. The van der Waals surface area contributed by atoms with Crippen molar-refractivity contribution in [2.24, 2.45) is 5.73 Å². The molecule has 3 N–H and O–H groups in total. The lowest BCUT2D eigenvalue weighted by Gasteiger charge is -2.05. The highest BCUT2D eigenvalue weighted by molar-refractivity contribution is 5.81. The lowest BCUT2D eigenvalue weighted by atomic mass is 10.2. The number of aliphatic hydroxyl groups is 1. The molecular formula is C12H15NO5. The molecule has 0 radical (unpaired) electrons. The van der Waals surface area contributed by atoms with Gasteiger partial charge in [0.15, 0.2) is 0 Å². The summed E-state index contributed by atoms with van der Waals surface area (Å²) in [5, 5.41) is 8.74. The van der Waals surface area contributed by atoms with Gasteiger partial charge in [0.1, 0.15) is 12.8 Å². The summed E-state index contributed by atoms with van der Waals surface area (Å²) in [6.45, 7) is 0.0342. The topological polar surface area (TPSA) is 98.9 Å². The Morgan fingerprint density at radius 2 is 1.94 bits per heavy atom. The monoisotopic (exact) mass is 253 g/mol. The minimum atomic E-state index is -1.10. The summed E-state index contributed by atoms with van der Waals surface area (Å²) >= 11 is 0. The first-order valence-electron chi connectivity index (χ1n) is 5.43. The van der Waals surface area contributed by atoms with Crippen LogP contribution in [0.5, 0.6) is 0 Å². The van der Waals surface area contributed by atoms with Gasteiger partial charge < -0.3 is 20.3 Å². The van der Waals surface area contributed by atoms with E-state index in [2.05, 4.69) is 4.74 Å². The van der Waals surface area contributed by atoms with Gasteiger partial charge in [-0.3, -0.25) is 4.79 Å². The van der Waals surface area contributed by atoms with E-state index in [0.717, 1.165) is 5.56 Å². The van der Waals surface area contributed by atoms with Crippen LogP contribution in [0.15, 0.2) is 30.3 Å². The van der Waals surface area contributed by atoms with Crippen LogP contribution in [0.1, 0.15) is 18.4 Å². The number of rotatable bonds is 5. The minimum absolute atomic E-state index is 0.0325. The fourth-order valence-electron chi connectivity index (χ4n) is 1.16. The second-order valence-corrected chi connectivity index (χ2v) is 3.60. The van der Waals surface area contributed by atoms with Crippen LogP contribution in [0.2, 0.25) is 0 Å². The molecule has 0 spiro atoms. The van der Waals surface area contributed by atoms with Crippen LogP contribution < -0.4 is 5.73 Å². The maximum Gasteiger partial charge on any atom is 0.516 e. The van der Waals surface area contributed by atoms with Crippen LogP contribution in [0.25, 0.3) is 0 Å². The Labute approximate surface area is 104 Å². The van der Waals surface area contributed by atoms with Crippen molar-refractivity contribution in [2.45, 2.75) is 25.7 Å². The molecule has 0 amide bonds. The SMILES string of the molecule is N[C@@H](O)CCC(=O)OC(=O)OCc1ccccc1. The smallest absolute Gasteiger partial charge is 0.429 e. The van der Waals surface area contributed by atoms with E-state index in [1.165, 1.54) is 0 Å². The van der Waals surface area contributed by atoms with Gasteiger partial charge in [0.05, 0.1) is 0 Å². The molecule has 0 aliphatic carbocycles. The van der Waals surface area contributed by atoms with Gasteiger partial charge in [-0.15, -0.1) is 0 Å². The van der Waals surface area contributed by atoms with Gasteiger partial charge in [-0.1, -0.05) is 30.3 Å². The van der Waals surface area contributed by atoms with Crippen LogP contribution >= 0.6 is 0 Å². The van der Waals surface area contributed by atoms with Gasteiger partial charge in [-0.05, 0) is 12.0 Å². The van der Waals surface area contributed by atoms with E-state index in [4.69, 9.17) is 15.6 Å². The number of aliphatic hydroxyl groups excluding tert-OH is 1. The van der Waals surface area contributed by atoms with Gasteiger partial charge in [-0.25, -0.2) is 4.79 Å². The van der Waals surface area contributed by atoms with Gasteiger partial charge in [0.2, 0.25) is 0 Å². The minimum Gasteiger partial charge on any atom is -0.429 e. The van der Waals surface area contributed by atoms with E-state index in [0.29, 0.717) is 0 Å². The Bertz CT molecular complexity index is 391. The molecule has 0 heterocycles. The number of nitrogens with two attached hydrogens (primary N) is 1. The van der Waals surface area contributed by atoms with E-state index >= 15 is 0 Å². The van der Waals surface area contributed by atoms with Crippen molar-refractivity contribution < 1.29 is 24.2 Å². The van der Waals surface area contributed by atoms with E-state index in [1.54, 1.807) is 24.3 Å². The highest BCUT2D eigenvalue weighted by Crippen LogP contribution is 2.02. The molecule has 1 atom stereocenters. The van der Waals surface area contributed by atoms with Crippen molar-refractivity contribution in [1.82, 2.24) is 0 Å².